The second-order valence-corrected chi connectivity index (χ2v) is 6.22. The van der Waals surface area contributed by atoms with Crippen LogP contribution in [0.1, 0.15) is 11.1 Å². The SMILES string of the molecule is S=[P+]1CC=C2C1=Cc1ccccc12. The van der Waals surface area contributed by atoms with Crippen LogP contribution in [-0.2, 0) is 11.8 Å². The van der Waals surface area contributed by atoms with Gasteiger partial charge in [0.05, 0.1) is 0 Å². The fourth-order valence-electron chi connectivity index (χ4n) is 1.92. The molecule has 3 rings (SSSR count). The fourth-order valence-corrected chi connectivity index (χ4v) is 3.91. The van der Waals surface area contributed by atoms with Crippen LogP contribution in [0, 0.1) is 0 Å². The zero-order valence-electron chi connectivity index (χ0n) is 7.03. The van der Waals surface area contributed by atoms with E-state index in [2.05, 4.69) is 36.4 Å². The summed E-state index contributed by atoms with van der Waals surface area (Å²) in [5.74, 6) is 0. The van der Waals surface area contributed by atoms with Gasteiger partial charge in [-0.3, -0.25) is 0 Å². The molecule has 1 aromatic carbocycles. The number of allylic oxidation sites excluding steroid dienone is 3. The van der Waals surface area contributed by atoms with Gasteiger partial charge in [0.15, 0.2) is 17.1 Å². The first-order valence-electron chi connectivity index (χ1n) is 4.32. The molecule has 1 aromatic rings. The van der Waals surface area contributed by atoms with E-state index in [1.54, 1.807) is 0 Å². The van der Waals surface area contributed by atoms with Crippen LogP contribution in [0.3, 0.4) is 0 Å². The van der Waals surface area contributed by atoms with Crippen LogP contribution in [0.15, 0.2) is 35.7 Å². The summed E-state index contributed by atoms with van der Waals surface area (Å²) in [6, 6.07) is 8.54. The summed E-state index contributed by atoms with van der Waals surface area (Å²) in [5, 5.41) is 1.42. The predicted molar refractivity (Wildman–Crippen MR) is 61.5 cm³/mol. The quantitative estimate of drug-likeness (QED) is 0.582. The van der Waals surface area contributed by atoms with E-state index in [-0.39, 0.29) is 6.70 Å². The third-order valence-electron chi connectivity index (χ3n) is 2.55. The van der Waals surface area contributed by atoms with Crippen molar-refractivity contribution < 1.29 is 0 Å². The Bertz CT molecular complexity index is 469. The van der Waals surface area contributed by atoms with E-state index in [9.17, 15) is 0 Å². The minimum atomic E-state index is -0.300. The zero-order valence-corrected chi connectivity index (χ0v) is 8.74. The topological polar surface area (TPSA) is 0 Å². The molecule has 0 spiro atoms. The van der Waals surface area contributed by atoms with Gasteiger partial charge in [0.25, 0.3) is 0 Å². The third kappa shape index (κ3) is 0.979. The maximum atomic E-state index is 5.43. The largest absolute Gasteiger partial charge is 0.217 e. The minimum Gasteiger partial charge on any atom is -0.0616 e. The molecule has 2 heteroatoms. The maximum absolute atomic E-state index is 5.43. The van der Waals surface area contributed by atoms with Crippen molar-refractivity contribution >= 4 is 30.2 Å². The summed E-state index contributed by atoms with van der Waals surface area (Å²) < 4.78 is 0. The van der Waals surface area contributed by atoms with Crippen molar-refractivity contribution in [3.05, 3.63) is 46.8 Å². The van der Waals surface area contributed by atoms with E-state index in [0.29, 0.717) is 0 Å². The van der Waals surface area contributed by atoms with Crippen LogP contribution in [0.4, 0.5) is 0 Å². The van der Waals surface area contributed by atoms with Gasteiger partial charge in [-0.2, -0.15) is 0 Å². The molecule has 1 heterocycles. The van der Waals surface area contributed by atoms with Crippen molar-refractivity contribution in [2.75, 3.05) is 6.16 Å². The molecule has 62 valence electrons. The first-order chi connectivity index (χ1) is 6.36. The Morgan fingerprint density at radius 3 is 3.00 bits per heavy atom. The number of rotatable bonds is 0. The molecular weight excluding hydrogens is 195 g/mol. The maximum Gasteiger partial charge on any atom is 0.217 e. The van der Waals surface area contributed by atoms with E-state index < -0.39 is 0 Å². The molecule has 0 saturated carbocycles. The van der Waals surface area contributed by atoms with E-state index in [4.69, 9.17) is 11.8 Å². The summed E-state index contributed by atoms with van der Waals surface area (Å²) in [6.45, 7) is -0.300. The van der Waals surface area contributed by atoms with Crippen molar-refractivity contribution in [1.29, 1.82) is 0 Å². The van der Waals surface area contributed by atoms with Gasteiger partial charge in [-0.15, -0.1) is 0 Å². The Hall–Kier alpha value is -0.780. The van der Waals surface area contributed by atoms with Crippen molar-refractivity contribution in [2.24, 2.45) is 0 Å². The molecule has 0 N–H and O–H groups in total. The van der Waals surface area contributed by atoms with Gasteiger partial charge in [-0.05, 0) is 23.3 Å². The van der Waals surface area contributed by atoms with Gasteiger partial charge in [-0.25, -0.2) is 0 Å². The Labute approximate surface area is 83.4 Å². The minimum absolute atomic E-state index is 0.300. The summed E-state index contributed by atoms with van der Waals surface area (Å²) in [7, 11) is 0. The van der Waals surface area contributed by atoms with Crippen LogP contribution >= 0.6 is 6.70 Å². The smallest absolute Gasteiger partial charge is 0.0616 e. The predicted octanol–water partition coefficient (Wildman–Crippen LogP) is 3.38. The summed E-state index contributed by atoms with van der Waals surface area (Å²) in [6.07, 6.45) is 5.67. The summed E-state index contributed by atoms with van der Waals surface area (Å²) >= 11 is 5.43. The molecule has 0 saturated heterocycles. The highest BCUT2D eigenvalue weighted by Gasteiger charge is 2.33. The zero-order chi connectivity index (χ0) is 8.84. The van der Waals surface area contributed by atoms with Gasteiger partial charge < -0.3 is 0 Å². The van der Waals surface area contributed by atoms with Gasteiger partial charge >= 0.3 is 0 Å². The van der Waals surface area contributed by atoms with E-state index in [0.717, 1.165) is 6.16 Å². The van der Waals surface area contributed by atoms with Gasteiger partial charge in [0, 0.05) is 5.57 Å². The molecule has 2 aliphatic rings. The number of hydrogen-bond donors (Lipinski definition) is 0. The van der Waals surface area contributed by atoms with Crippen molar-refractivity contribution in [3.8, 4) is 0 Å². The highest BCUT2D eigenvalue weighted by atomic mass is 32.4. The van der Waals surface area contributed by atoms with E-state index in [1.165, 1.54) is 22.0 Å². The average molecular weight is 203 g/mol. The lowest BCUT2D eigenvalue weighted by Gasteiger charge is -1.95. The second kappa shape index (κ2) is 2.60. The summed E-state index contributed by atoms with van der Waals surface area (Å²) in [4.78, 5) is 0. The van der Waals surface area contributed by atoms with Crippen molar-refractivity contribution in [2.45, 2.75) is 0 Å². The Morgan fingerprint density at radius 2 is 2.08 bits per heavy atom. The third-order valence-corrected chi connectivity index (χ3v) is 5.01. The lowest BCUT2D eigenvalue weighted by molar-refractivity contribution is 1.61. The Kier molecular flexibility index (Phi) is 1.52. The first kappa shape index (κ1) is 7.61. The van der Waals surface area contributed by atoms with Crippen molar-refractivity contribution in [3.63, 3.8) is 0 Å². The molecule has 0 amide bonds. The summed E-state index contributed by atoms with van der Waals surface area (Å²) in [5.41, 5.74) is 4.14. The molecule has 1 unspecified atom stereocenters. The first-order valence-corrected chi connectivity index (χ1v) is 6.86. The molecule has 1 aliphatic carbocycles. The number of benzene rings is 1. The fraction of sp³-hybridized carbons (Fsp3) is 0.0909. The van der Waals surface area contributed by atoms with E-state index in [1.807, 2.05) is 0 Å². The average Bonchev–Trinajstić information content (AvgIpc) is 2.67. The van der Waals surface area contributed by atoms with Gasteiger partial charge in [0.2, 0.25) is 6.70 Å². The number of hydrogen-bond acceptors (Lipinski definition) is 1. The number of fused-ring (bicyclic) bond motifs is 3. The lowest BCUT2D eigenvalue weighted by atomic mass is 10.1. The standard InChI is InChI=1S/C11H8PS/c13-12-6-5-10-9-4-2-1-3-8(9)7-11(10)12/h1-5,7H,6H2/q+1. The second-order valence-electron chi connectivity index (χ2n) is 3.30. The molecule has 1 aliphatic heterocycles. The van der Waals surface area contributed by atoms with Gasteiger partial charge in [-0.1, -0.05) is 24.3 Å². The molecular formula is C11H8PS+. The van der Waals surface area contributed by atoms with Crippen LogP contribution in [0.25, 0.3) is 11.6 Å². The van der Waals surface area contributed by atoms with Crippen LogP contribution < -0.4 is 0 Å². The Morgan fingerprint density at radius 1 is 1.23 bits per heavy atom. The van der Waals surface area contributed by atoms with Gasteiger partial charge in [0.1, 0.15) is 6.16 Å². The molecule has 0 aromatic heterocycles. The highest BCUT2D eigenvalue weighted by Crippen LogP contribution is 2.53. The van der Waals surface area contributed by atoms with Crippen LogP contribution in [-0.4, -0.2) is 6.16 Å². The van der Waals surface area contributed by atoms with Crippen LogP contribution in [0.5, 0.6) is 0 Å². The highest BCUT2D eigenvalue weighted by molar-refractivity contribution is 8.07. The molecule has 0 fully saturated rings. The van der Waals surface area contributed by atoms with Crippen LogP contribution in [0.2, 0.25) is 0 Å². The molecule has 0 nitrogen and oxygen atoms in total. The molecule has 0 radical (unpaired) electrons. The normalized spacial score (nSPS) is 20.8. The molecule has 13 heavy (non-hydrogen) atoms. The molecule has 0 bridgehead atoms. The van der Waals surface area contributed by atoms with E-state index >= 15 is 0 Å². The lowest BCUT2D eigenvalue weighted by Crippen LogP contribution is -1.78. The molecule has 1 atom stereocenters. The monoisotopic (exact) mass is 203 g/mol. The Balaban J connectivity index is 2.29. The van der Waals surface area contributed by atoms with Crippen molar-refractivity contribution in [1.82, 2.24) is 0 Å².